The second kappa shape index (κ2) is 4.84. The van der Waals surface area contributed by atoms with Crippen LogP contribution in [-0.2, 0) is 19.1 Å². The third-order valence-electron chi connectivity index (χ3n) is 6.58. The summed E-state index contributed by atoms with van der Waals surface area (Å²) in [6.45, 7) is 5.65. The van der Waals surface area contributed by atoms with Gasteiger partial charge in [-0.3, -0.25) is 9.59 Å². The molecule has 0 heterocycles. The smallest absolute Gasteiger partial charge is 0.310 e. The van der Waals surface area contributed by atoms with Crippen LogP contribution in [0.15, 0.2) is 12.2 Å². The normalized spacial score (nSPS) is 46.1. The van der Waals surface area contributed by atoms with Crippen LogP contribution in [-0.4, -0.2) is 24.6 Å². The first-order valence-corrected chi connectivity index (χ1v) is 8.81. The molecule has 8 unspecified atom stereocenters. The van der Waals surface area contributed by atoms with Gasteiger partial charge in [-0.05, 0) is 69.1 Å². The lowest BCUT2D eigenvalue weighted by Gasteiger charge is -2.40. The fourth-order valence-electron chi connectivity index (χ4n) is 6.19. The third kappa shape index (κ3) is 2.10. The van der Waals surface area contributed by atoms with Crippen LogP contribution in [0.4, 0.5) is 0 Å². The first-order valence-electron chi connectivity index (χ1n) is 8.81. The average molecular weight is 318 g/mol. The number of hydrogen-bond acceptors (Lipinski definition) is 4. The number of ether oxygens (including phenoxy) is 2. The van der Waals surface area contributed by atoms with Crippen molar-refractivity contribution in [2.75, 3.05) is 7.11 Å². The van der Waals surface area contributed by atoms with Crippen molar-refractivity contribution >= 4 is 11.9 Å². The van der Waals surface area contributed by atoms with Crippen LogP contribution < -0.4 is 0 Å². The summed E-state index contributed by atoms with van der Waals surface area (Å²) in [5, 5.41) is 0. The van der Waals surface area contributed by atoms with Crippen LogP contribution in [0, 0.1) is 47.3 Å². The maximum atomic E-state index is 12.8. The van der Waals surface area contributed by atoms with Gasteiger partial charge >= 0.3 is 11.9 Å². The fraction of sp³-hybridized carbons (Fsp3) is 0.789. The molecule has 0 aromatic carbocycles. The molecule has 0 N–H and O–H groups in total. The summed E-state index contributed by atoms with van der Waals surface area (Å²) in [5.41, 5.74) is -0.520. The molecule has 4 heteroatoms. The zero-order valence-corrected chi connectivity index (χ0v) is 14.3. The number of methoxy groups -OCH3 is 1. The van der Waals surface area contributed by atoms with Crippen molar-refractivity contribution in [3.63, 3.8) is 0 Å². The molecule has 3 fully saturated rings. The monoisotopic (exact) mass is 318 g/mol. The molecule has 8 atom stereocenters. The Morgan fingerprint density at radius 3 is 1.91 bits per heavy atom. The van der Waals surface area contributed by atoms with Crippen LogP contribution in [0.2, 0.25) is 0 Å². The average Bonchev–Trinajstić information content (AvgIpc) is 3.20. The second-order valence-electron chi connectivity index (χ2n) is 8.77. The zero-order valence-electron chi connectivity index (χ0n) is 14.3. The maximum Gasteiger partial charge on any atom is 0.310 e. The minimum Gasteiger partial charge on any atom is -0.469 e. The van der Waals surface area contributed by atoms with E-state index in [1.54, 1.807) is 0 Å². The minimum absolute atomic E-state index is 0.203. The lowest BCUT2D eigenvalue weighted by molar-refractivity contribution is -0.172. The Kier molecular flexibility index (Phi) is 3.20. The Bertz CT molecular complexity index is 572. The summed E-state index contributed by atoms with van der Waals surface area (Å²) in [6.07, 6.45) is 6.86. The predicted molar refractivity (Wildman–Crippen MR) is 84.2 cm³/mol. The highest BCUT2D eigenvalue weighted by Crippen LogP contribution is 2.69. The molecule has 0 radical (unpaired) electrons. The molecule has 0 aromatic rings. The van der Waals surface area contributed by atoms with Crippen LogP contribution in [0.3, 0.4) is 0 Å². The van der Waals surface area contributed by atoms with Crippen LogP contribution in [0.1, 0.15) is 33.6 Å². The molecule has 23 heavy (non-hydrogen) atoms. The van der Waals surface area contributed by atoms with Gasteiger partial charge in [0.2, 0.25) is 0 Å². The summed E-state index contributed by atoms with van der Waals surface area (Å²) >= 11 is 0. The number of carbonyl (C=O) groups excluding carboxylic acids is 2. The molecule has 0 aromatic heterocycles. The third-order valence-corrected chi connectivity index (χ3v) is 6.58. The van der Waals surface area contributed by atoms with Crippen LogP contribution >= 0.6 is 0 Å². The Morgan fingerprint density at radius 2 is 1.43 bits per heavy atom. The van der Waals surface area contributed by atoms with Gasteiger partial charge in [-0.25, -0.2) is 0 Å². The van der Waals surface area contributed by atoms with Gasteiger partial charge in [0.15, 0.2) is 0 Å². The lowest BCUT2D eigenvalue weighted by atomic mass is 9.65. The van der Waals surface area contributed by atoms with Gasteiger partial charge in [-0.2, -0.15) is 0 Å². The first kappa shape index (κ1) is 15.2. The van der Waals surface area contributed by atoms with Crippen molar-refractivity contribution < 1.29 is 19.1 Å². The van der Waals surface area contributed by atoms with E-state index < -0.39 is 5.60 Å². The van der Waals surface area contributed by atoms with E-state index in [1.165, 1.54) is 13.5 Å². The first-order chi connectivity index (χ1) is 10.8. The standard InChI is InChI=1S/C19H26O4/c1-19(2,3)23-18(21)16-12-8-11(15(16)17(20)22-4)13-9-5-6-10(7-9)14(12)13/h5-6,9-16H,7-8H2,1-4H3. The van der Waals surface area contributed by atoms with Gasteiger partial charge in [0.05, 0.1) is 18.9 Å². The Hall–Kier alpha value is -1.32. The number of carbonyl (C=O) groups is 2. The summed E-state index contributed by atoms with van der Waals surface area (Å²) in [5.74, 6) is 1.85. The molecule has 3 saturated carbocycles. The van der Waals surface area contributed by atoms with E-state index in [2.05, 4.69) is 12.2 Å². The highest BCUT2D eigenvalue weighted by atomic mass is 16.6. The Balaban J connectivity index is 1.66. The summed E-state index contributed by atoms with van der Waals surface area (Å²) in [4.78, 5) is 25.3. The maximum absolute atomic E-state index is 12.8. The van der Waals surface area contributed by atoms with Crippen molar-refractivity contribution in [3.8, 4) is 0 Å². The van der Waals surface area contributed by atoms with Crippen molar-refractivity contribution in [3.05, 3.63) is 12.2 Å². The van der Waals surface area contributed by atoms with Gasteiger partial charge in [0.1, 0.15) is 5.60 Å². The van der Waals surface area contributed by atoms with Gasteiger partial charge in [-0.15, -0.1) is 0 Å². The minimum atomic E-state index is -0.520. The number of allylic oxidation sites excluding steroid dienone is 2. The lowest BCUT2D eigenvalue weighted by Crippen LogP contribution is -2.45. The SMILES string of the molecule is COC(=O)C1C2CC(C1C(=O)OC(C)(C)C)C1C3C=CC(C3)C21. The van der Waals surface area contributed by atoms with E-state index in [4.69, 9.17) is 9.47 Å². The summed E-state index contributed by atoms with van der Waals surface area (Å²) in [6, 6.07) is 0. The van der Waals surface area contributed by atoms with Crippen LogP contribution in [0.5, 0.6) is 0 Å². The molecule has 0 aliphatic heterocycles. The van der Waals surface area contributed by atoms with Crippen molar-refractivity contribution in [2.24, 2.45) is 47.3 Å². The molecular formula is C19H26O4. The summed E-state index contributed by atoms with van der Waals surface area (Å²) in [7, 11) is 1.43. The highest BCUT2D eigenvalue weighted by molar-refractivity contribution is 5.84. The quantitative estimate of drug-likeness (QED) is 0.446. The van der Waals surface area contributed by atoms with Gasteiger partial charge in [0, 0.05) is 0 Å². The van der Waals surface area contributed by atoms with Gasteiger partial charge in [-0.1, -0.05) is 12.2 Å². The van der Waals surface area contributed by atoms with E-state index in [9.17, 15) is 9.59 Å². The molecule has 0 spiro atoms. The van der Waals surface area contributed by atoms with E-state index in [1.807, 2.05) is 20.8 Å². The van der Waals surface area contributed by atoms with E-state index in [-0.39, 0.29) is 35.6 Å². The Labute approximate surface area is 137 Å². The Morgan fingerprint density at radius 1 is 0.913 bits per heavy atom. The van der Waals surface area contributed by atoms with E-state index in [0.29, 0.717) is 23.7 Å². The molecule has 4 aliphatic carbocycles. The summed E-state index contributed by atoms with van der Waals surface area (Å²) < 4.78 is 10.7. The second-order valence-corrected chi connectivity index (χ2v) is 8.77. The molecule has 4 rings (SSSR count). The number of fused-ring (bicyclic) bond motifs is 9. The van der Waals surface area contributed by atoms with E-state index in [0.717, 1.165) is 6.42 Å². The number of rotatable bonds is 2. The predicted octanol–water partition coefficient (Wildman–Crippen LogP) is 2.82. The van der Waals surface area contributed by atoms with Crippen molar-refractivity contribution in [2.45, 2.75) is 39.2 Å². The molecule has 126 valence electrons. The molecule has 4 bridgehead atoms. The van der Waals surface area contributed by atoms with Gasteiger partial charge < -0.3 is 9.47 Å². The number of hydrogen-bond donors (Lipinski definition) is 0. The fourth-order valence-corrected chi connectivity index (χ4v) is 6.19. The molecule has 0 saturated heterocycles. The topological polar surface area (TPSA) is 52.6 Å². The molecule has 0 amide bonds. The molecule has 4 nitrogen and oxygen atoms in total. The van der Waals surface area contributed by atoms with Crippen molar-refractivity contribution in [1.82, 2.24) is 0 Å². The largest absolute Gasteiger partial charge is 0.469 e. The molecule has 4 aliphatic rings. The van der Waals surface area contributed by atoms with Crippen molar-refractivity contribution in [1.29, 1.82) is 0 Å². The number of esters is 2. The van der Waals surface area contributed by atoms with Crippen LogP contribution in [0.25, 0.3) is 0 Å². The van der Waals surface area contributed by atoms with E-state index >= 15 is 0 Å². The zero-order chi connectivity index (χ0) is 16.5. The van der Waals surface area contributed by atoms with Gasteiger partial charge in [0.25, 0.3) is 0 Å². The highest BCUT2D eigenvalue weighted by Gasteiger charge is 2.68. The molecular weight excluding hydrogens is 292 g/mol.